The van der Waals surface area contributed by atoms with Gasteiger partial charge in [-0.2, -0.15) is 13.2 Å². The largest absolute Gasteiger partial charge is 0.433 e. The van der Waals surface area contributed by atoms with Crippen molar-refractivity contribution < 1.29 is 18.0 Å². The highest BCUT2D eigenvalue weighted by Crippen LogP contribution is 2.27. The molecule has 1 amide bonds. The van der Waals surface area contributed by atoms with E-state index in [-0.39, 0.29) is 30.3 Å². The summed E-state index contributed by atoms with van der Waals surface area (Å²) in [5, 5.41) is 0.356. The Morgan fingerprint density at radius 3 is 2.74 bits per heavy atom. The second-order valence-electron chi connectivity index (χ2n) is 5.80. The second kappa shape index (κ2) is 7.14. The van der Waals surface area contributed by atoms with Crippen molar-refractivity contribution in [1.29, 1.82) is 0 Å². The van der Waals surface area contributed by atoms with Crippen molar-refractivity contribution in [3.63, 3.8) is 0 Å². The summed E-state index contributed by atoms with van der Waals surface area (Å²) in [7, 11) is 1.52. The minimum absolute atomic E-state index is 0.00353. The number of aromatic amines is 1. The van der Waals surface area contributed by atoms with Crippen LogP contribution in [0.1, 0.15) is 21.9 Å². The van der Waals surface area contributed by atoms with E-state index < -0.39 is 11.9 Å². The normalized spacial score (nSPS) is 11.6. The first-order valence-electron chi connectivity index (χ1n) is 7.88. The van der Waals surface area contributed by atoms with Gasteiger partial charge in [-0.25, -0.2) is 15.0 Å². The standard InChI is InChI=1S/C17H14F3N5O2/c1-25(7-5-14-21-6-4-13(24-14)17(18,19)20)16(27)10-2-3-11-12(8-10)22-9-23-15(11)26/h2-4,6,8-9H,5,7H2,1H3,(H,22,23,26). The number of benzene rings is 1. The number of nitrogens with zero attached hydrogens (tertiary/aromatic N) is 4. The zero-order chi connectivity index (χ0) is 19.6. The van der Waals surface area contributed by atoms with Gasteiger partial charge < -0.3 is 9.88 Å². The van der Waals surface area contributed by atoms with Crippen molar-refractivity contribution in [3.05, 3.63) is 64.2 Å². The maximum Gasteiger partial charge on any atom is 0.433 e. The van der Waals surface area contributed by atoms with Crippen molar-refractivity contribution in [3.8, 4) is 0 Å². The van der Waals surface area contributed by atoms with Crippen molar-refractivity contribution in [2.75, 3.05) is 13.6 Å². The van der Waals surface area contributed by atoms with Crippen LogP contribution in [0.3, 0.4) is 0 Å². The number of fused-ring (bicyclic) bond motifs is 1. The highest BCUT2D eigenvalue weighted by atomic mass is 19.4. The van der Waals surface area contributed by atoms with Gasteiger partial charge in [0.25, 0.3) is 11.5 Å². The fourth-order valence-electron chi connectivity index (χ4n) is 2.47. The zero-order valence-corrected chi connectivity index (χ0v) is 14.1. The smallest absolute Gasteiger partial charge is 0.341 e. The molecule has 0 aliphatic rings. The van der Waals surface area contributed by atoms with E-state index in [2.05, 4.69) is 19.9 Å². The number of amides is 1. The fraction of sp³-hybridized carbons (Fsp3) is 0.235. The molecule has 1 N–H and O–H groups in total. The molecule has 2 heterocycles. The van der Waals surface area contributed by atoms with Gasteiger partial charge in [0.05, 0.1) is 17.2 Å². The van der Waals surface area contributed by atoms with Gasteiger partial charge in [-0.05, 0) is 24.3 Å². The number of halogens is 3. The van der Waals surface area contributed by atoms with Crippen molar-refractivity contribution in [1.82, 2.24) is 24.8 Å². The number of carbonyl (C=O) groups is 1. The monoisotopic (exact) mass is 377 g/mol. The Labute approximate surface area is 150 Å². The van der Waals surface area contributed by atoms with E-state index in [9.17, 15) is 22.8 Å². The minimum Gasteiger partial charge on any atom is -0.341 e. The predicted octanol–water partition coefficient (Wildman–Crippen LogP) is 2.05. The predicted molar refractivity (Wildman–Crippen MR) is 90.1 cm³/mol. The summed E-state index contributed by atoms with van der Waals surface area (Å²) >= 11 is 0. The molecule has 0 radical (unpaired) electrons. The van der Waals surface area contributed by atoms with Crippen LogP contribution in [0.4, 0.5) is 13.2 Å². The number of nitrogens with one attached hydrogen (secondary N) is 1. The third kappa shape index (κ3) is 4.10. The molecule has 0 spiro atoms. The molecule has 0 saturated heterocycles. The molecule has 0 unspecified atom stereocenters. The van der Waals surface area contributed by atoms with E-state index in [1.165, 1.54) is 36.5 Å². The number of rotatable bonds is 4. The number of aromatic nitrogens is 4. The molecular formula is C17H14F3N5O2. The number of H-pyrrole nitrogens is 1. The summed E-state index contributed by atoms with van der Waals surface area (Å²) in [5.41, 5.74) is -0.645. The summed E-state index contributed by atoms with van der Waals surface area (Å²) in [5.74, 6) is -0.359. The SMILES string of the molecule is CN(CCc1nccc(C(F)(F)F)n1)C(=O)c1ccc2c(=O)[nH]cnc2c1. The molecule has 27 heavy (non-hydrogen) atoms. The molecule has 0 fully saturated rings. The lowest BCUT2D eigenvalue weighted by Crippen LogP contribution is -2.29. The number of hydrogen-bond acceptors (Lipinski definition) is 5. The lowest BCUT2D eigenvalue weighted by atomic mass is 10.1. The molecule has 2 aromatic heterocycles. The molecule has 0 atom stereocenters. The molecule has 3 rings (SSSR count). The Bertz CT molecular complexity index is 1050. The average Bonchev–Trinajstić information content (AvgIpc) is 2.65. The molecule has 3 aromatic rings. The first kappa shape index (κ1) is 18.5. The molecule has 140 valence electrons. The van der Waals surface area contributed by atoms with Crippen LogP contribution in [0.2, 0.25) is 0 Å². The first-order valence-corrected chi connectivity index (χ1v) is 7.88. The van der Waals surface area contributed by atoms with Gasteiger partial charge in [-0.15, -0.1) is 0 Å². The number of likely N-dealkylation sites (N-methyl/N-ethyl adjacent to an activating group) is 1. The Kier molecular flexibility index (Phi) is 4.89. The van der Waals surface area contributed by atoms with Gasteiger partial charge in [0.2, 0.25) is 0 Å². The summed E-state index contributed by atoms with van der Waals surface area (Å²) in [6.07, 6.45) is -2.19. The van der Waals surface area contributed by atoms with Gasteiger partial charge in [0, 0.05) is 31.8 Å². The summed E-state index contributed by atoms with van der Waals surface area (Å²) < 4.78 is 38.1. The number of hydrogen-bond donors (Lipinski definition) is 1. The fourth-order valence-corrected chi connectivity index (χ4v) is 2.47. The van der Waals surface area contributed by atoms with E-state index >= 15 is 0 Å². The summed E-state index contributed by atoms with van der Waals surface area (Å²) in [6, 6.07) is 5.28. The summed E-state index contributed by atoms with van der Waals surface area (Å²) in [6.45, 7) is 0.126. The van der Waals surface area contributed by atoms with Crippen molar-refractivity contribution in [2.45, 2.75) is 12.6 Å². The van der Waals surface area contributed by atoms with Crippen LogP contribution >= 0.6 is 0 Å². The molecular weight excluding hydrogens is 363 g/mol. The molecule has 0 bridgehead atoms. The Morgan fingerprint density at radius 1 is 1.22 bits per heavy atom. The molecule has 7 nitrogen and oxygen atoms in total. The number of carbonyl (C=O) groups excluding carboxylic acids is 1. The van der Waals surface area contributed by atoms with E-state index in [4.69, 9.17) is 0 Å². The lowest BCUT2D eigenvalue weighted by Gasteiger charge is -2.17. The quantitative estimate of drug-likeness (QED) is 0.751. The molecule has 1 aromatic carbocycles. The third-order valence-electron chi connectivity index (χ3n) is 3.90. The van der Waals surface area contributed by atoms with E-state index in [0.29, 0.717) is 16.5 Å². The van der Waals surface area contributed by atoms with Gasteiger partial charge in [-0.3, -0.25) is 9.59 Å². The Morgan fingerprint density at radius 2 is 2.00 bits per heavy atom. The topological polar surface area (TPSA) is 91.8 Å². The summed E-state index contributed by atoms with van der Waals surface area (Å²) in [4.78, 5) is 39.3. The van der Waals surface area contributed by atoms with Gasteiger partial charge >= 0.3 is 6.18 Å². The van der Waals surface area contributed by atoms with Gasteiger partial charge in [0.1, 0.15) is 11.5 Å². The van der Waals surface area contributed by atoms with Crippen molar-refractivity contribution in [2.24, 2.45) is 0 Å². The van der Waals surface area contributed by atoms with Gasteiger partial charge in [0.15, 0.2) is 0 Å². The van der Waals surface area contributed by atoms with Crippen molar-refractivity contribution >= 4 is 16.8 Å². The zero-order valence-electron chi connectivity index (χ0n) is 14.1. The maximum atomic E-state index is 12.7. The Balaban J connectivity index is 1.72. The van der Waals surface area contributed by atoms with E-state index in [1.54, 1.807) is 0 Å². The van der Waals surface area contributed by atoms with Crippen LogP contribution < -0.4 is 5.56 Å². The highest BCUT2D eigenvalue weighted by molar-refractivity contribution is 5.97. The van der Waals surface area contributed by atoms with Crippen LogP contribution in [0.15, 0.2) is 41.6 Å². The highest BCUT2D eigenvalue weighted by Gasteiger charge is 2.32. The van der Waals surface area contributed by atoms with Crippen LogP contribution in [0.5, 0.6) is 0 Å². The molecule has 0 aliphatic carbocycles. The first-order chi connectivity index (χ1) is 12.8. The van der Waals surface area contributed by atoms with E-state index in [0.717, 1.165) is 12.3 Å². The molecule has 0 saturated carbocycles. The average molecular weight is 377 g/mol. The number of alkyl halides is 3. The van der Waals surface area contributed by atoms with Crippen LogP contribution in [0, 0.1) is 0 Å². The van der Waals surface area contributed by atoms with Crippen LogP contribution in [0.25, 0.3) is 10.9 Å². The third-order valence-corrected chi connectivity index (χ3v) is 3.90. The second-order valence-corrected chi connectivity index (χ2v) is 5.80. The molecule has 0 aliphatic heterocycles. The minimum atomic E-state index is -4.55. The lowest BCUT2D eigenvalue weighted by molar-refractivity contribution is -0.141. The van der Waals surface area contributed by atoms with Crippen LogP contribution in [-0.4, -0.2) is 44.3 Å². The van der Waals surface area contributed by atoms with Crippen LogP contribution in [-0.2, 0) is 12.6 Å². The Hall–Kier alpha value is -3.30. The van der Waals surface area contributed by atoms with E-state index in [1.807, 2.05) is 0 Å². The van der Waals surface area contributed by atoms with Gasteiger partial charge in [-0.1, -0.05) is 0 Å². The molecule has 10 heteroatoms. The maximum absolute atomic E-state index is 12.7.